The fourth-order valence-corrected chi connectivity index (χ4v) is 2.70. The van der Waals surface area contributed by atoms with Crippen LogP contribution in [0.3, 0.4) is 0 Å². The molecule has 2 aromatic heterocycles. The van der Waals surface area contributed by atoms with Gasteiger partial charge >= 0.3 is 5.97 Å². The number of thioether (sulfide) groups is 1. The SMILES string of the molecule is Cc1ccc(-c2ccc(SCc3ccc(C(=O)O)o3)nn2)cc1. The highest BCUT2D eigenvalue weighted by Crippen LogP contribution is 2.24. The molecule has 0 radical (unpaired) electrons. The maximum atomic E-state index is 10.8. The molecule has 5 nitrogen and oxygen atoms in total. The van der Waals surface area contributed by atoms with E-state index in [4.69, 9.17) is 9.52 Å². The highest BCUT2D eigenvalue weighted by molar-refractivity contribution is 7.98. The normalized spacial score (nSPS) is 10.7. The Morgan fingerprint density at radius 2 is 1.87 bits per heavy atom. The van der Waals surface area contributed by atoms with Gasteiger partial charge in [0.05, 0.1) is 11.4 Å². The number of hydrogen-bond donors (Lipinski definition) is 1. The standard InChI is InChI=1S/C17H14N2O3S/c1-11-2-4-12(5-3-11)14-7-9-16(19-18-14)23-10-13-6-8-15(22-13)17(20)21/h2-9H,10H2,1H3,(H,20,21). The third-order valence-corrected chi connectivity index (χ3v) is 4.16. The number of benzene rings is 1. The summed E-state index contributed by atoms with van der Waals surface area (Å²) in [4.78, 5) is 10.8. The molecule has 0 saturated carbocycles. The van der Waals surface area contributed by atoms with E-state index in [2.05, 4.69) is 10.2 Å². The van der Waals surface area contributed by atoms with Crippen LogP contribution in [0.15, 0.2) is 58.0 Å². The average Bonchev–Trinajstić information content (AvgIpc) is 3.04. The van der Waals surface area contributed by atoms with Crippen molar-refractivity contribution < 1.29 is 14.3 Å². The second-order valence-electron chi connectivity index (χ2n) is 4.98. The van der Waals surface area contributed by atoms with Crippen LogP contribution in [0, 0.1) is 6.92 Å². The highest BCUT2D eigenvalue weighted by Gasteiger charge is 2.09. The summed E-state index contributed by atoms with van der Waals surface area (Å²) < 4.78 is 5.20. The zero-order valence-electron chi connectivity index (χ0n) is 12.4. The Morgan fingerprint density at radius 1 is 1.09 bits per heavy atom. The van der Waals surface area contributed by atoms with Crippen molar-refractivity contribution >= 4 is 17.7 Å². The van der Waals surface area contributed by atoms with Gasteiger partial charge in [0.1, 0.15) is 10.8 Å². The van der Waals surface area contributed by atoms with Crippen LogP contribution in [0.5, 0.6) is 0 Å². The second-order valence-corrected chi connectivity index (χ2v) is 5.98. The zero-order chi connectivity index (χ0) is 16.2. The molecule has 1 aromatic carbocycles. The molecule has 0 spiro atoms. The molecule has 0 aliphatic carbocycles. The van der Waals surface area contributed by atoms with E-state index < -0.39 is 5.97 Å². The number of aromatic carboxylic acids is 1. The molecule has 3 aromatic rings. The van der Waals surface area contributed by atoms with Gasteiger partial charge in [0, 0.05) is 5.56 Å². The number of rotatable bonds is 5. The van der Waals surface area contributed by atoms with Crippen LogP contribution in [0.2, 0.25) is 0 Å². The Hall–Kier alpha value is -2.60. The van der Waals surface area contributed by atoms with Crippen molar-refractivity contribution in [3.05, 3.63) is 65.6 Å². The molecule has 0 atom stereocenters. The molecule has 0 bridgehead atoms. The van der Waals surface area contributed by atoms with Crippen molar-refractivity contribution in [2.24, 2.45) is 0 Å². The minimum atomic E-state index is -1.07. The van der Waals surface area contributed by atoms with Crippen LogP contribution in [-0.4, -0.2) is 21.3 Å². The minimum Gasteiger partial charge on any atom is -0.475 e. The Morgan fingerprint density at radius 3 is 2.48 bits per heavy atom. The van der Waals surface area contributed by atoms with E-state index in [-0.39, 0.29) is 5.76 Å². The smallest absolute Gasteiger partial charge is 0.371 e. The van der Waals surface area contributed by atoms with Gasteiger partial charge in [-0.2, -0.15) is 0 Å². The van der Waals surface area contributed by atoms with Gasteiger partial charge in [-0.3, -0.25) is 0 Å². The first kappa shape index (κ1) is 15.3. The van der Waals surface area contributed by atoms with Crippen molar-refractivity contribution in [1.82, 2.24) is 10.2 Å². The number of carbonyl (C=O) groups is 1. The Labute approximate surface area is 137 Å². The van der Waals surface area contributed by atoms with Gasteiger partial charge in [-0.25, -0.2) is 4.79 Å². The Balaban J connectivity index is 1.65. The van der Waals surface area contributed by atoms with Gasteiger partial charge < -0.3 is 9.52 Å². The third kappa shape index (κ3) is 3.78. The van der Waals surface area contributed by atoms with E-state index in [1.54, 1.807) is 6.07 Å². The lowest BCUT2D eigenvalue weighted by Gasteiger charge is -2.02. The Bertz CT molecular complexity index is 811. The largest absolute Gasteiger partial charge is 0.475 e. The van der Waals surface area contributed by atoms with E-state index in [0.29, 0.717) is 11.5 Å². The zero-order valence-corrected chi connectivity index (χ0v) is 13.2. The predicted molar refractivity (Wildman–Crippen MR) is 87.4 cm³/mol. The van der Waals surface area contributed by atoms with Crippen LogP contribution in [0.25, 0.3) is 11.3 Å². The molecule has 23 heavy (non-hydrogen) atoms. The number of carboxylic acids is 1. The number of aryl methyl sites for hydroxylation is 1. The molecule has 2 heterocycles. The quantitative estimate of drug-likeness (QED) is 0.713. The van der Waals surface area contributed by atoms with Crippen LogP contribution in [0.1, 0.15) is 21.9 Å². The van der Waals surface area contributed by atoms with Gasteiger partial charge in [-0.05, 0) is 31.2 Å². The molecule has 0 fully saturated rings. The molecular weight excluding hydrogens is 312 g/mol. The topological polar surface area (TPSA) is 76.2 Å². The van der Waals surface area contributed by atoms with Crippen LogP contribution in [-0.2, 0) is 5.75 Å². The summed E-state index contributed by atoms with van der Waals surface area (Å²) in [5.74, 6) is -0.0204. The second kappa shape index (κ2) is 6.66. The lowest BCUT2D eigenvalue weighted by atomic mass is 10.1. The summed E-state index contributed by atoms with van der Waals surface area (Å²) in [6.07, 6.45) is 0. The molecule has 0 saturated heterocycles. The van der Waals surface area contributed by atoms with E-state index >= 15 is 0 Å². The first-order valence-corrected chi connectivity index (χ1v) is 7.96. The monoisotopic (exact) mass is 326 g/mol. The van der Waals surface area contributed by atoms with Gasteiger partial charge in [-0.1, -0.05) is 41.6 Å². The van der Waals surface area contributed by atoms with Gasteiger partial charge in [0.25, 0.3) is 0 Å². The van der Waals surface area contributed by atoms with E-state index in [9.17, 15) is 4.79 Å². The molecule has 0 aliphatic rings. The molecule has 1 N–H and O–H groups in total. The maximum Gasteiger partial charge on any atom is 0.371 e. The number of carboxylic acid groups (broad SMARTS) is 1. The first-order chi connectivity index (χ1) is 11.1. The molecule has 0 amide bonds. The fourth-order valence-electron chi connectivity index (χ4n) is 1.99. The summed E-state index contributed by atoms with van der Waals surface area (Å²) in [6.45, 7) is 2.04. The van der Waals surface area contributed by atoms with Gasteiger partial charge in [-0.15, -0.1) is 10.2 Å². The average molecular weight is 326 g/mol. The Kier molecular flexibility index (Phi) is 4.43. The van der Waals surface area contributed by atoms with Crippen molar-refractivity contribution in [2.45, 2.75) is 17.7 Å². The van der Waals surface area contributed by atoms with Crippen LogP contribution < -0.4 is 0 Å². The first-order valence-electron chi connectivity index (χ1n) is 6.97. The third-order valence-electron chi connectivity index (χ3n) is 3.22. The summed E-state index contributed by atoms with van der Waals surface area (Å²) in [5, 5.41) is 18.0. The predicted octanol–water partition coefficient (Wildman–Crippen LogP) is 4.04. The van der Waals surface area contributed by atoms with E-state index in [0.717, 1.165) is 16.3 Å². The molecule has 6 heteroatoms. The maximum absolute atomic E-state index is 10.8. The highest BCUT2D eigenvalue weighted by atomic mass is 32.2. The summed E-state index contributed by atoms with van der Waals surface area (Å²) in [7, 11) is 0. The van der Waals surface area contributed by atoms with Gasteiger partial charge in [0.2, 0.25) is 5.76 Å². The summed E-state index contributed by atoms with van der Waals surface area (Å²) in [5.41, 5.74) is 3.05. The van der Waals surface area contributed by atoms with Crippen molar-refractivity contribution in [3.63, 3.8) is 0 Å². The van der Waals surface area contributed by atoms with Crippen molar-refractivity contribution in [3.8, 4) is 11.3 Å². The molecule has 116 valence electrons. The molecule has 3 rings (SSSR count). The molecule has 0 aliphatic heterocycles. The number of hydrogen-bond acceptors (Lipinski definition) is 5. The molecule has 0 unspecified atom stereocenters. The van der Waals surface area contributed by atoms with Crippen molar-refractivity contribution in [2.75, 3.05) is 0 Å². The minimum absolute atomic E-state index is 0.0543. The van der Waals surface area contributed by atoms with Crippen LogP contribution >= 0.6 is 11.8 Å². The van der Waals surface area contributed by atoms with Crippen LogP contribution in [0.4, 0.5) is 0 Å². The lowest BCUT2D eigenvalue weighted by Crippen LogP contribution is -1.92. The summed E-state index contributed by atoms with van der Waals surface area (Å²) >= 11 is 1.44. The number of furan rings is 1. The van der Waals surface area contributed by atoms with Gasteiger partial charge in [0.15, 0.2) is 0 Å². The molecular formula is C17H14N2O3S. The number of aromatic nitrogens is 2. The summed E-state index contributed by atoms with van der Waals surface area (Å²) in [6, 6.07) is 15.0. The fraction of sp³-hybridized carbons (Fsp3) is 0.118. The van der Waals surface area contributed by atoms with E-state index in [1.807, 2.05) is 43.3 Å². The lowest BCUT2D eigenvalue weighted by molar-refractivity contribution is 0.0661. The van der Waals surface area contributed by atoms with Crippen molar-refractivity contribution in [1.29, 1.82) is 0 Å². The number of nitrogens with zero attached hydrogens (tertiary/aromatic N) is 2. The van der Waals surface area contributed by atoms with E-state index in [1.165, 1.54) is 23.4 Å².